The van der Waals surface area contributed by atoms with Crippen LogP contribution >= 0.6 is 0 Å². The van der Waals surface area contributed by atoms with Gasteiger partial charge in [-0.2, -0.15) is 0 Å². The van der Waals surface area contributed by atoms with Crippen molar-refractivity contribution in [2.45, 2.75) is 62.7 Å². The molecule has 4 amide bonds. The first-order valence-electron chi connectivity index (χ1n) is 14.1. The molecule has 1 aromatic heterocycles. The Hall–Kier alpha value is -5.39. The summed E-state index contributed by atoms with van der Waals surface area (Å²) in [6, 6.07) is 2.29. The number of carboxylic acids is 1. The number of aromatic nitrogens is 1. The third-order valence-electron chi connectivity index (χ3n) is 6.63. The highest BCUT2D eigenvalue weighted by atomic mass is 16.4. The van der Waals surface area contributed by atoms with Gasteiger partial charge in [-0.3, -0.25) is 29.2 Å². The van der Waals surface area contributed by atoms with Gasteiger partial charge in [-0.1, -0.05) is 18.2 Å². The van der Waals surface area contributed by atoms with Crippen molar-refractivity contribution in [1.82, 2.24) is 20.9 Å². The van der Waals surface area contributed by atoms with Crippen LogP contribution in [0.1, 0.15) is 37.7 Å². The van der Waals surface area contributed by atoms with E-state index in [4.69, 9.17) is 34.4 Å². The third kappa shape index (κ3) is 12.4. The molecule has 2 aromatic rings. The van der Waals surface area contributed by atoms with Crippen LogP contribution in [-0.2, 0) is 30.4 Å². The molecule has 246 valence electrons. The molecule has 17 N–H and O–H groups in total. The number of nitrogens with zero attached hydrogens (tertiary/aromatic N) is 2. The highest BCUT2D eigenvalue weighted by Gasteiger charge is 2.31. The van der Waals surface area contributed by atoms with E-state index >= 15 is 0 Å². The van der Waals surface area contributed by atoms with E-state index in [1.807, 2.05) is 24.3 Å². The molecule has 0 aliphatic carbocycles. The number of para-hydroxylation sites is 1. The van der Waals surface area contributed by atoms with E-state index < -0.39 is 60.2 Å². The maximum absolute atomic E-state index is 13.4. The van der Waals surface area contributed by atoms with Crippen molar-refractivity contribution in [3.05, 3.63) is 36.0 Å². The Kier molecular flexibility index (Phi) is 14.1. The Bertz CT molecular complexity index is 1400. The summed E-state index contributed by atoms with van der Waals surface area (Å²) >= 11 is 0. The lowest BCUT2D eigenvalue weighted by Gasteiger charge is -2.24. The molecule has 1 aromatic carbocycles. The van der Waals surface area contributed by atoms with Gasteiger partial charge < -0.3 is 60.4 Å². The van der Waals surface area contributed by atoms with Crippen LogP contribution < -0.4 is 50.4 Å². The number of primary amides is 1. The number of nitrogens with two attached hydrogens (primary N) is 6. The summed E-state index contributed by atoms with van der Waals surface area (Å²) < 4.78 is 0. The summed E-state index contributed by atoms with van der Waals surface area (Å²) in [5.41, 5.74) is 34.4. The largest absolute Gasteiger partial charge is 0.480 e. The second kappa shape index (κ2) is 17.7. The number of benzene rings is 1. The number of nitrogens with one attached hydrogen (secondary N) is 4. The van der Waals surface area contributed by atoms with Crippen molar-refractivity contribution < 1.29 is 29.1 Å². The maximum Gasteiger partial charge on any atom is 0.326 e. The number of rotatable bonds is 19. The topological polar surface area (TPSA) is 338 Å². The van der Waals surface area contributed by atoms with Crippen molar-refractivity contribution in [1.29, 1.82) is 0 Å². The number of aliphatic carboxylic acids is 1. The number of H-pyrrole nitrogens is 1. The smallest absolute Gasteiger partial charge is 0.326 e. The number of fused-ring (bicyclic) bond motifs is 1. The van der Waals surface area contributed by atoms with Crippen LogP contribution in [0.3, 0.4) is 0 Å². The van der Waals surface area contributed by atoms with Gasteiger partial charge in [-0.05, 0) is 43.7 Å². The number of hydrogen-bond donors (Lipinski definition) is 11. The van der Waals surface area contributed by atoms with Gasteiger partial charge in [0.1, 0.15) is 18.1 Å². The first-order valence-corrected chi connectivity index (χ1v) is 14.1. The number of carbonyl (C=O) groups is 5. The minimum absolute atomic E-state index is 0.0294. The van der Waals surface area contributed by atoms with Crippen molar-refractivity contribution in [3.8, 4) is 0 Å². The van der Waals surface area contributed by atoms with Crippen LogP contribution in [0.15, 0.2) is 40.4 Å². The van der Waals surface area contributed by atoms with Crippen LogP contribution in [0.4, 0.5) is 0 Å². The second-order valence-electron chi connectivity index (χ2n) is 10.3. The standard InChI is InChI=1S/C27H42N12O6/c28-16(11-14-13-36-17-6-2-1-5-15(14)17)22(41)37-18(7-3-9-34-26(30)31)23(42)39-20(12-21(29)40)24(43)38-19(25(44)45)8-4-10-35-27(32)33/h1-2,5-6,13,16,18-20,36H,3-4,7-12,28H2,(H2,29,40)(H,37,41)(H,38,43)(H,39,42)(H,44,45)(H4,30,31,34)(H4,32,33,35). The van der Waals surface area contributed by atoms with Crippen LogP contribution in [0.2, 0.25) is 0 Å². The molecule has 1 heterocycles. The van der Waals surface area contributed by atoms with Crippen LogP contribution in [-0.4, -0.2) is 88.9 Å². The molecule has 2 rings (SSSR count). The van der Waals surface area contributed by atoms with Crippen LogP contribution in [0, 0.1) is 0 Å². The molecular weight excluding hydrogens is 588 g/mol. The minimum Gasteiger partial charge on any atom is -0.480 e. The quantitative estimate of drug-likeness (QED) is 0.0412. The first-order chi connectivity index (χ1) is 21.3. The highest BCUT2D eigenvalue weighted by Crippen LogP contribution is 2.19. The predicted octanol–water partition coefficient (Wildman–Crippen LogP) is -3.44. The molecule has 0 aliphatic rings. The number of hydrogen-bond acceptors (Lipinski definition) is 8. The number of aromatic amines is 1. The van der Waals surface area contributed by atoms with Gasteiger partial charge >= 0.3 is 5.97 Å². The molecule has 0 spiro atoms. The molecule has 0 fully saturated rings. The van der Waals surface area contributed by atoms with Gasteiger partial charge in [0.25, 0.3) is 0 Å². The first kappa shape index (κ1) is 35.8. The van der Waals surface area contributed by atoms with E-state index in [1.165, 1.54) is 0 Å². The van der Waals surface area contributed by atoms with E-state index in [2.05, 4.69) is 30.9 Å². The van der Waals surface area contributed by atoms with Crippen molar-refractivity contribution in [3.63, 3.8) is 0 Å². The molecule has 18 heteroatoms. The van der Waals surface area contributed by atoms with E-state index in [0.29, 0.717) is 0 Å². The summed E-state index contributed by atoms with van der Waals surface area (Å²) in [6.07, 6.45) is 1.70. The van der Waals surface area contributed by atoms with E-state index in [1.54, 1.807) is 6.20 Å². The van der Waals surface area contributed by atoms with Gasteiger partial charge in [0.05, 0.1) is 12.5 Å². The van der Waals surface area contributed by atoms with Crippen LogP contribution in [0.5, 0.6) is 0 Å². The van der Waals surface area contributed by atoms with Gasteiger partial charge in [-0.15, -0.1) is 0 Å². The zero-order chi connectivity index (χ0) is 33.5. The molecule has 0 radical (unpaired) electrons. The molecule has 0 aliphatic heterocycles. The second-order valence-corrected chi connectivity index (χ2v) is 10.3. The lowest BCUT2D eigenvalue weighted by Crippen LogP contribution is -2.58. The van der Waals surface area contributed by atoms with Crippen molar-refractivity contribution in [2.24, 2.45) is 44.4 Å². The van der Waals surface area contributed by atoms with Crippen LogP contribution in [0.25, 0.3) is 10.9 Å². The van der Waals surface area contributed by atoms with E-state index in [0.717, 1.165) is 16.5 Å². The molecule has 4 atom stereocenters. The van der Waals surface area contributed by atoms with Gasteiger partial charge in [-0.25, -0.2) is 4.79 Å². The molecule has 18 nitrogen and oxygen atoms in total. The molecule has 0 saturated carbocycles. The lowest BCUT2D eigenvalue weighted by atomic mass is 10.0. The number of carboxylic acid groups (broad SMARTS) is 1. The average Bonchev–Trinajstić information content (AvgIpc) is 3.37. The fourth-order valence-electron chi connectivity index (χ4n) is 4.40. The van der Waals surface area contributed by atoms with Gasteiger partial charge in [0, 0.05) is 30.2 Å². The summed E-state index contributed by atoms with van der Waals surface area (Å²) in [5, 5.41) is 17.7. The summed E-state index contributed by atoms with van der Waals surface area (Å²) in [5.74, 6) is -5.09. The summed E-state index contributed by atoms with van der Waals surface area (Å²) in [6.45, 7) is 0.252. The summed E-state index contributed by atoms with van der Waals surface area (Å²) in [4.78, 5) is 73.7. The fraction of sp³-hybridized carbons (Fsp3) is 0.444. The van der Waals surface area contributed by atoms with E-state index in [-0.39, 0.29) is 57.1 Å². The Balaban J connectivity index is 2.16. The lowest BCUT2D eigenvalue weighted by molar-refractivity contribution is -0.142. The Labute approximate surface area is 258 Å². The SMILES string of the molecule is NC(=O)CC(NC(=O)C(CCCN=C(N)N)NC(=O)C(N)Cc1c[nH]c2ccccc12)C(=O)NC(CCCN=C(N)N)C(=O)O. The molecule has 4 unspecified atom stereocenters. The van der Waals surface area contributed by atoms with E-state index in [9.17, 15) is 29.1 Å². The average molecular weight is 631 g/mol. The normalized spacial score (nSPS) is 13.4. The zero-order valence-electron chi connectivity index (χ0n) is 24.7. The molecule has 0 bridgehead atoms. The zero-order valence-corrected chi connectivity index (χ0v) is 24.7. The fourth-order valence-corrected chi connectivity index (χ4v) is 4.40. The maximum atomic E-state index is 13.4. The van der Waals surface area contributed by atoms with Gasteiger partial charge in [0.2, 0.25) is 23.6 Å². The number of guanidine groups is 2. The highest BCUT2D eigenvalue weighted by molar-refractivity contribution is 5.96. The Morgan fingerprint density at radius 2 is 1.31 bits per heavy atom. The molecule has 45 heavy (non-hydrogen) atoms. The Morgan fingerprint density at radius 1 is 0.778 bits per heavy atom. The monoisotopic (exact) mass is 630 g/mol. The van der Waals surface area contributed by atoms with Crippen molar-refractivity contribution in [2.75, 3.05) is 13.1 Å². The molecular formula is C27H42N12O6. The van der Waals surface area contributed by atoms with Gasteiger partial charge in [0.15, 0.2) is 11.9 Å². The third-order valence-corrected chi connectivity index (χ3v) is 6.63. The minimum atomic E-state index is -1.55. The predicted molar refractivity (Wildman–Crippen MR) is 167 cm³/mol. The summed E-state index contributed by atoms with van der Waals surface area (Å²) in [7, 11) is 0. The number of amides is 4. The number of aliphatic imine (C=N–C) groups is 2. The van der Waals surface area contributed by atoms with Crippen molar-refractivity contribution >= 4 is 52.4 Å². The molecule has 0 saturated heterocycles. The number of carbonyl (C=O) groups excluding carboxylic acids is 4. The Morgan fingerprint density at radius 3 is 1.89 bits per heavy atom.